The molecule has 4 amide bonds. The maximum absolute atomic E-state index is 13.6. The monoisotopic (exact) mass is 675 g/mol. The Morgan fingerprint density at radius 1 is 0.600 bits per heavy atom. The fourth-order valence-corrected chi connectivity index (χ4v) is 8.25. The Morgan fingerprint density at radius 2 is 1.00 bits per heavy atom. The molecule has 8 rings (SSSR count). The molecular formula is C39H41N5O6. The maximum Gasteiger partial charge on any atom is 0.261 e. The van der Waals surface area contributed by atoms with Gasteiger partial charge in [-0.1, -0.05) is 24.3 Å². The number of aliphatic hydroxyl groups is 2. The molecule has 0 saturated carbocycles. The highest BCUT2D eigenvalue weighted by molar-refractivity contribution is 6.28. The van der Waals surface area contributed by atoms with Gasteiger partial charge in [-0.3, -0.25) is 29.0 Å². The number of carbonyl (C=O) groups excluding carboxylic acids is 4. The van der Waals surface area contributed by atoms with Crippen molar-refractivity contribution in [3.8, 4) is 0 Å². The molecule has 50 heavy (non-hydrogen) atoms. The number of nitrogens with zero attached hydrogens (tertiary/aromatic N) is 5. The number of aliphatic hydroxyl groups excluding tert-OH is 2. The maximum atomic E-state index is 13.6. The van der Waals surface area contributed by atoms with Crippen molar-refractivity contribution < 1.29 is 29.4 Å². The number of imide groups is 2. The molecule has 0 aromatic heterocycles. The Labute approximate surface area is 290 Å². The predicted octanol–water partition coefficient (Wildman–Crippen LogP) is 3.74. The van der Waals surface area contributed by atoms with Crippen molar-refractivity contribution >= 4 is 56.5 Å². The molecule has 4 aromatic rings. The zero-order valence-corrected chi connectivity index (χ0v) is 28.2. The summed E-state index contributed by atoms with van der Waals surface area (Å²) in [6.45, 7) is 4.32. The van der Waals surface area contributed by atoms with Gasteiger partial charge in [0.15, 0.2) is 0 Å². The van der Waals surface area contributed by atoms with Gasteiger partial charge < -0.3 is 24.9 Å². The number of carbonyl (C=O) groups is 4. The van der Waals surface area contributed by atoms with E-state index < -0.39 is 0 Å². The fourth-order valence-electron chi connectivity index (χ4n) is 8.25. The minimum atomic E-state index is -0.383. The molecule has 4 aliphatic heterocycles. The first-order valence-electron chi connectivity index (χ1n) is 17.6. The van der Waals surface area contributed by atoms with Crippen LogP contribution < -0.4 is 9.80 Å². The van der Waals surface area contributed by atoms with Gasteiger partial charge in [0.05, 0.1) is 12.2 Å². The van der Waals surface area contributed by atoms with E-state index in [-0.39, 0.29) is 48.9 Å². The van der Waals surface area contributed by atoms with Gasteiger partial charge in [-0.25, -0.2) is 0 Å². The summed E-state index contributed by atoms with van der Waals surface area (Å²) in [6, 6.07) is 18.6. The first kappa shape index (κ1) is 32.4. The third-order valence-electron chi connectivity index (χ3n) is 10.8. The Kier molecular flexibility index (Phi) is 8.29. The first-order chi connectivity index (χ1) is 24.2. The number of anilines is 2. The van der Waals surface area contributed by atoms with Crippen LogP contribution in [0.15, 0.2) is 60.7 Å². The Bertz CT molecular complexity index is 1870. The average Bonchev–Trinajstić information content (AvgIpc) is 3.76. The molecule has 0 aliphatic carbocycles. The van der Waals surface area contributed by atoms with Crippen molar-refractivity contribution in [2.45, 2.75) is 37.9 Å². The summed E-state index contributed by atoms with van der Waals surface area (Å²) >= 11 is 0. The van der Waals surface area contributed by atoms with Crippen LogP contribution in [0.4, 0.5) is 11.4 Å². The highest BCUT2D eigenvalue weighted by atomic mass is 16.3. The molecule has 11 heteroatoms. The van der Waals surface area contributed by atoms with E-state index in [9.17, 15) is 29.4 Å². The average molecular weight is 676 g/mol. The molecule has 2 fully saturated rings. The normalized spacial score (nSPS) is 20.5. The number of β-amino-alcohol motifs (C(OH)–C–C–N with tert-alkyl or cyclic N) is 2. The van der Waals surface area contributed by atoms with Gasteiger partial charge in [-0.05, 0) is 82.2 Å². The fraction of sp³-hybridized carbons (Fsp3) is 0.385. The van der Waals surface area contributed by atoms with E-state index >= 15 is 0 Å². The summed E-state index contributed by atoms with van der Waals surface area (Å²) in [6.07, 6.45) is 1.77. The molecular weight excluding hydrogens is 634 g/mol. The highest BCUT2D eigenvalue weighted by Gasteiger charge is 2.36. The summed E-state index contributed by atoms with van der Waals surface area (Å²) in [4.78, 5) is 63.4. The Morgan fingerprint density at radius 3 is 1.38 bits per heavy atom. The molecule has 258 valence electrons. The minimum Gasteiger partial charge on any atom is -0.391 e. The van der Waals surface area contributed by atoms with Crippen LogP contribution in [0.2, 0.25) is 0 Å². The molecule has 0 unspecified atom stereocenters. The van der Waals surface area contributed by atoms with Crippen molar-refractivity contribution in [3.63, 3.8) is 0 Å². The highest BCUT2D eigenvalue weighted by Crippen LogP contribution is 2.38. The summed E-state index contributed by atoms with van der Waals surface area (Å²) in [5.41, 5.74) is 3.94. The molecule has 0 spiro atoms. The van der Waals surface area contributed by atoms with E-state index in [1.54, 1.807) is 24.3 Å². The lowest BCUT2D eigenvalue weighted by Crippen LogP contribution is -2.42. The lowest BCUT2D eigenvalue weighted by atomic mass is 9.92. The second-order valence-corrected chi connectivity index (χ2v) is 14.0. The van der Waals surface area contributed by atoms with Crippen LogP contribution in [0.3, 0.4) is 0 Å². The third kappa shape index (κ3) is 5.40. The zero-order valence-electron chi connectivity index (χ0n) is 28.2. The van der Waals surface area contributed by atoms with E-state index in [1.165, 1.54) is 9.80 Å². The number of amides is 4. The second kappa shape index (κ2) is 12.8. The van der Waals surface area contributed by atoms with Gasteiger partial charge in [0.2, 0.25) is 0 Å². The molecule has 2 N–H and O–H groups in total. The van der Waals surface area contributed by atoms with Crippen LogP contribution in [0.25, 0.3) is 21.5 Å². The Balaban J connectivity index is 0.882. The van der Waals surface area contributed by atoms with E-state index in [0.717, 1.165) is 35.2 Å². The van der Waals surface area contributed by atoms with E-state index in [0.29, 0.717) is 84.9 Å². The van der Waals surface area contributed by atoms with Crippen molar-refractivity contribution in [1.82, 2.24) is 14.7 Å². The van der Waals surface area contributed by atoms with Crippen molar-refractivity contribution in [3.05, 3.63) is 82.9 Å². The van der Waals surface area contributed by atoms with Crippen LogP contribution in [0.5, 0.6) is 0 Å². The molecule has 4 aliphatic rings. The van der Waals surface area contributed by atoms with Crippen LogP contribution >= 0.6 is 0 Å². The standard InChI is InChI=1S/C39H41N5O6/c1-40(16-4-18-43-36(47)28-8-2-6-26-32(41-20-14-24(45)22-41)12-10-30(34(26)28)38(43)49)17-5-19-44-37(48)29-9-3-7-27-33(42-21-15-25(46)23-42)13-11-31(35(27)29)39(44)50/h2-3,6-13,24-25,45-46H,4-5,14-23H2,1H3/t24-,25-/m1/s1. The van der Waals surface area contributed by atoms with Gasteiger partial charge in [0.1, 0.15) is 0 Å². The predicted molar refractivity (Wildman–Crippen MR) is 191 cm³/mol. The number of hydrogen-bond acceptors (Lipinski definition) is 9. The lowest BCUT2D eigenvalue weighted by Gasteiger charge is -2.30. The van der Waals surface area contributed by atoms with E-state index in [2.05, 4.69) is 14.7 Å². The summed E-state index contributed by atoms with van der Waals surface area (Å²) in [5, 5.41) is 23.2. The van der Waals surface area contributed by atoms with Crippen molar-refractivity contribution in [1.29, 1.82) is 0 Å². The smallest absolute Gasteiger partial charge is 0.261 e. The van der Waals surface area contributed by atoms with Crippen LogP contribution in [-0.2, 0) is 0 Å². The van der Waals surface area contributed by atoms with Crippen molar-refractivity contribution in [2.75, 3.05) is 69.2 Å². The van der Waals surface area contributed by atoms with Crippen LogP contribution in [0, 0.1) is 0 Å². The largest absolute Gasteiger partial charge is 0.391 e. The van der Waals surface area contributed by atoms with Gasteiger partial charge >= 0.3 is 0 Å². The second-order valence-electron chi connectivity index (χ2n) is 14.0. The molecule has 4 heterocycles. The quantitative estimate of drug-likeness (QED) is 0.242. The van der Waals surface area contributed by atoms with Gasteiger partial charge in [0, 0.05) is 94.4 Å². The van der Waals surface area contributed by atoms with Gasteiger partial charge in [-0.2, -0.15) is 0 Å². The SMILES string of the molecule is CN(CCCN1C(=O)c2cccc3c(N4CC[C@@H](O)C4)ccc(c23)C1=O)CCCN1C(=O)c2cccc3c(N4CC[C@@H](O)C4)ccc(c23)C1=O. The van der Waals surface area contributed by atoms with Gasteiger partial charge in [-0.15, -0.1) is 0 Å². The Hall–Kier alpha value is -4.84. The first-order valence-corrected chi connectivity index (χ1v) is 17.6. The molecule has 0 bridgehead atoms. The lowest BCUT2D eigenvalue weighted by molar-refractivity contribution is 0.0596. The molecule has 0 radical (unpaired) electrons. The number of benzene rings is 4. The topological polar surface area (TPSA) is 125 Å². The molecule has 2 saturated heterocycles. The van der Waals surface area contributed by atoms with Crippen molar-refractivity contribution in [2.24, 2.45) is 0 Å². The molecule has 2 atom stereocenters. The minimum absolute atomic E-state index is 0.278. The summed E-state index contributed by atoms with van der Waals surface area (Å²) < 4.78 is 0. The van der Waals surface area contributed by atoms with Gasteiger partial charge in [0.25, 0.3) is 23.6 Å². The number of hydrogen-bond donors (Lipinski definition) is 2. The summed E-state index contributed by atoms with van der Waals surface area (Å²) in [7, 11) is 1.96. The molecule has 4 aromatic carbocycles. The van der Waals surface area contributed by atoms with E-state index in [1.807, 2.05) is 43.4 Å². The van der Waals surface area contributed by atoms with Crippen LogP contribution in [-0.4, -0.2) is 120 Å². The van der Waals surface area contributed by atoms with E-state index in [4.69, 9.17) is 0 Å². The zero-order chi connectivity index (χ0) is 34.7. The van der Waals surface area contributed by atoms with Crippen LogP contribution in [0.1, 0.15) is 67.1 Å². The summed E-state index contributed by atoms with van der Waals surface area (Å²) in [5.74, 6) is -1.18. The molecule has 11 nitrogen and oxygen atoms in total. The number of rotatable bonds is 10. The third-order valence-corrected chi connectivity index (χ3v) is 10.8.